The van der Waals surface area contributed by atoms with Crippen molar-refractivity contribution in [2.45, 2.75) is 13.3 Å². The zero-order chi connectivity index (χ0) is 8.43. The molecule has 11 heavy (non-hydrogen) atoms. The second-order valence-electron chi connectivity index (χ2n) is 2.73. The minimum atomic E-state index is -1.01. The first kappa shape index (κ1) is 8.04. The lowest BCUT2D eigenvalue weighted by Crippen LogP contribution is -2.27. The number of carboxylic acids is 1. The van der Waals surface area contributed by atoms with Gasteiger partial charge in [0, 0.05) is 6.54 Å². The van der Waals surface area contributed by atoms with Crippen LogP contribution in [-0.2, 0) is 9.59 Å². The highest BCUT2D eigenvalue weighted by atomic mass is 16.4. The van der Waals surface area contributed by atoms with Crippen molar-refractivity contribution >= 4 is 11.9 Å². The van der Waals surface area contributed by atoms with Gasteiger partial charge in [-0.15, -0.1) is 0 Å². The van der Waals surface area contributed by atoms with Gasteiger partial charge >= 0.3 is 5.97 Å². The first-order valence-corrected chi connectivity index (χ1v) is 3.67. The van der Waals surface area contributed by atoms with Crippen LogP contribution in [0.3, 0.4) is 0 Å². The molecule has 2 N–H and O–H groups in total. The number of nitrogens with one attached hydrogen (secondary N) is 1. The molecule has 0 spiro atoms. The number of hydrogen-bond acceptors (Lipinski definition) is 2. The quantitative estimate of drug-likeness (QED) is 0.547. The monoisotopic (exact) mass is 157 g/mol. The molecule has 1 aliphatic rings. The van der Waals surface area contributed by atoms with Crippen LogP contribution < -0.4 is 5.32 Å². The SMILES string of the molecule is CCC1CNC(=O)C1C(=O)O. The standard InChI is InChI=1S/C7H11NO3/c1-2-4-3-8-6(9)5(4)7(10)11/h4-5H,2-3H2,1H3,(H,8,9)(H,10,11). The van der Waals surface area contributed by atoms with Gasteiger partial charge < -0.3 is 10.4 Å². The third kappa shape index (κ3) is 1.34. The summed E-state index contributed by atoms with van der Waals surface area (Å²) in [7, 11) is 0. The highest BCUT2D eigenvalue weighted by Gasteiger charge is 2.38. The molecule has 0 bridgehead atoms. The number of aliphatic carboxylic acids is 1. The predicted octanol–water partition coefficient (Wildman–Crippen LogP) is -0.157. The van der Waals surface area contributed by atoms with E-state index in [4.69, 9.17) is 5.11 Å². The Morgan fingerprint density at radius 2 is 2.45 bits per heavy atom. The molecule has 0 saturated carbocycles. The van der Waals surface area contributed by atoms with Crippen LogP contribution >= 0.6 is 0 Å². The van der Waals surface area contributed by atoms with Gasteiger partial charge in [0.05, 0.1) is 0 Å². The molecule has 1 heterocycles. The van der Waals surface area contributed by atoms with Gasteiger partial charge in [-0.1, -0.05) is 13.3 Å². The van der Waals surface area contributed by atoms with Crippen molar-refractivity contribution in [1.82, 2.24) is 5.32 Å². The average molecular weight is 157 g/mol. The lowest BCUT2D eigenvalue weighted by molar-refractivity contribution is -0.146. The summed E-state index contributed by atoms with van der Waals surface area (Å²) < 4.78 is 0. The first-order chi connectivity index (χ1) is 5.16. The summed E-state index contributed by atoms with van der Waals surface area (Å²) in [5, 5.41) is 11.2. The summed E-state index contributed by atoms with van der Waals surface area (Å²) in [6.45, 7) is 2.40. The van der Waals surface area contributed by atoms with Crippen molar-refractivity contribution in [3.63, 3.8) is 0 Å². The van der Waals surface area contributed by atoms with E-state index in [0.29, 0.717) is 6.54 Å². The van der Waals surface area contributed by atoms with E-state index in [1.54, 1.807) is 0 Å². The summed E-state index contributed by atoms with van der Waals surface area (Å²) in [6.07, 6.45) is 0.732. The summed E-state index contributed by atoms with van der Waals surface area (Å²) in [5.41, 5.74) is 0. The lowest BCUT2D eigenvalue weighted by Gasteiger charge is -2.08. The molecular weight excluding hydrogens is 146 g/mol. The van der Waals surface area contributed by atoms with Gasteiger partial charge in [0.25, 0.3) is 0 Å². The molecular formula is C7H11NO3. The van der Waals surface area contributed by atoms with Crippen LogP contribution in [0.5, 0.6) is 0 Å². The Kier molecular flexibility index (Phi) is 2.12. The fourth-order valence-electron chi connectivity index (χ4n) is 1.37. The maximum Gasteiger partial charge on any atom is 0.316 e. The fraction of sp³-hybridized carbons (Fsp3) is 0.714. The van der Waals surface area contributed by atoms with Crippen LogP contribution in [0.25, 0.3) is 0 Å². The van der Waals surface area contributed by atoms with Crippen molar-refractivity contribution in [3.8, 4) is 0 Å². The summed E-state index contributed by atoms with van der Waals surface area (Å²) in [4.78, 5) is 21.4. The highest BCUT2D eigenvalue weighted by Crippen LogP contribution is 2.20. The van der Waals surface area contributed by atoms with Crippen LogP contribution in [0.1, 0.15) is 13.3 Å². The molecule has 1 aliphatic heterocycles. The second-order valence-corrected chi connectivity index (χ2v) is 2.73. The van der Waals surface area contributed by atoms with Gasteiger partial charge in [0.2, 0.25) is 5.91 Å². The Labute approximate surface area is 64.6 Å². The molecule has 4 heteroatoms. The summed E-state index contributed by atoms with van der Waals surface area (Å²) in [5.74, 6) is -2.20. The van der Waals surface area contributed by atoms with E-state index in [9.17, 15) is 9.59 Å². The van der Waals surface area contributed by atoms with Gasteiger partial charge in [-0.25, -0.2) is 0 Å². The van der Waals surface area contributed by atoms with E-state index in [-0.39, 0.29) is 11.8 Å². The van der Waals surface area contributed by atoms with Crippen molar-refractivity contribution in [1.29, 1.82) is 0 Å². The molecule has 1 amide bonds. The molecule has 4 nitrogen and oxygen atoms in total. The molecule has 1 fully saturated rings. The maximum absolute atomic E-state index is 10.9. The molecule has 0 aromatic rings. The van der Waals surface area contributed by atoms with Crippen molar-refractivity contribution < 1.29 is 14.7 Å². The van der Waals surface area contributed by atoms with E-state index < -0.39 is 11.9 Å². The Bertz CT molecular complexity index is 190. The Morgan fingerprint density at radius 1 is 1.82 bits per heavy atom. The van der Waals surface area contributed by atoms with Gasteiger partial charge in [0.1, 0.15) is 5.92 Å². The summed E-state index contributed by atoms with van der Waals surface area (Å²) >= 11 is 0. The Hall–Kier alpha value is -1.06. The smallest absolute Gasteiger partial charge is 0.316 e. The molecule has 0 radical (unpaired) electrons. The van der Waals surface area contributed by atoms with Crippen LogP contribution in [-0.4, -0.2) is 23.5 Å². The van der Waals surface area contributed by atoms with Crippen LogP contribution in [0, 0.1) is 11.8 Å². The maximum atomic E-state index is 10.9. The van der Waals surface area contributed by atoms with E-state index in [0.717, 1.165) is 6.42 Å². The Balaban J connectivity index is 2.71. The molecule has 2 atom stereocenters. The zero-order valence-corrected chi connectivity index (χ0v) is 6.33. The molecule has 1 saturated heterocycles. The first-order valence-electron chi connectivity index (χ1n) is 3.67. The molecule has 1 rings (SSSR count). The second kappa shape index (κ2) is 2.90. The van der Waals surface area contributed by atoms with E-state index in [1.807, 2.05) is 6.92 Å². The normalized spacial score (nSPS) is 30.1. The average Bonchev–Trinajstić information content (AvgIpc) is 2.30. The Morgan fingerprint density at radius 3 is 2.82 bits per heavy atom. The number of carbonyl (C=O) groups excluding carboxylic acids is 1. The van der Waals surface area contributed by atoms with Crippen LogP contribution in [0.15, 0.2) is 0 Å². The lowest BCUT2D eigenvalue weighted by atomic mass is 9.93. The van der Waals surface area contributed by atoms with E-state index in [1.165, 1.54) is 0 Å². The molecule has 0 aliphatic carbocycles. The van der Waals surface area contributed by atoms with Crippen molar-refractivity contribution in [2.24, 2.45) is 11.8 Å². The topological polar surface area (TPSA) is 66.4 Å². The largest absolute Gasteiger partial charge is 0.481 e. The summed E-state index contributed by atoms with van der Waals surface area (Å²) in [6, 6.07) is 0. The third-order valence-electron chi connectivity index (χ3n) is 2.08. The van der Waals surface area contributed by atoms with Crippen LogP contribution in [0.2, 0.25) is 0 Å². The van der Waals surface area contributed by atoms with Gasteiger partial charge in [-0.05, 0) is 5.92 Å². The number of rotatable bonds is 2. The van der Waals surface area contributed by atoms with E-state index in [2.05, 4.69) is 5.32 Å². The van der Waals surface area contributed by atoms with Gasteiger partial charge in [-0.2, -0.15) is 0 Å². The van der Waals surface area contributed by atoms with Gasteiger partial charge in [-0.3, -0.25) is 9.59 Å². The third-order valence-corrected chi connectivity index (χ3v) is 2.08. The predicted molar refractivity (Wildman–Crippen MR) is 37.9 cm³/mol. The molecule has 0 aromatic heterocycles. The van der Waals surface area contributed by atoms with Gasteiger partial charge in [0.15, 0.2) is 0 Å². The van der Waals surface area contributed by atoms with Crippen molar-refractivity contribution in [3.05, 3.63) is 0 Å². The number of amides is 1. The number of carbonyl (C=O) groups is 2. The molecule has 0 aromatic carbocycles. The fourth-order valence-corrected chi connectivity index (χ4v) is 1.37. The molecule has 2 unspecified atom stereocenters. The zero-order valence-electron chi connectivity index (χ0n) is 6.33. The van der Waals surface area contributed by atoms with E-state index >= 15 is 0 Å². The highest BCUT2D eigenvalue weighted by molar-refractivity contribution is 5.98. The number of hydrogen-bond donors (Lipinski definition) is 2. The minimum Gasteiger partial charge on any atom is -0.481 e. The molecule has 62 valence electrons. The van der Waals surface area contributed by atoms with Crippen molar-refractivity contribution in [2.75, 3.05) is 6.54 Å². The number of carboxylic acid groups (broad SMARTS) is 1. The minimum absolute atomic E-state index is 0.0278. The van der Waals surface area contributed by atoms with Crippen LogP contribution in [0.4, 0.5) is 0 Å².